The summed E-state index contributed by atoms with van der Waals surface area (Å²) in [5.41, 5.74) is 9.39. The fraction of sp³-hybridized carbons (Fsp3) is 0.139. The van der Waals surface area contributed by atoms with Crippen molar-refractivity contribution in [3.8, 4) is 16.9 Å². The highest BCUT2D eigenvalue weighted by Gasteiger charge is 2.13. The molecule has 6 heteroatoms. The molecule has 5 rings (SSSR count). The van der Waals surface area contributed by atoms with E-state index >= 15 is 0 Å². The Morgan fingerprint density at radius 3 is 2.45 bits per heavy atom. The first-order valence-corrected chi connectivity index (χ1v) is 13.8. The van der Waals surface area contributed by atoms with Crippen molar-refractivity contribution < 1.29 is 14.3 Å². The number of ether oxygens (including phenoxy) is 1. The number of anilines is 1. The van der Waals surface area contributed by atoms with Gasteiger partial charge in [-0.05, 0) is 96.6 Å². The highest BCUT2D eigenvalue weighted by Crippen LogP contribution is 2.31. The largest absolute Gasteiger partial charge is 0.487 e. The highest BCUT2D eigenvalue weighted by atomic mass is 16.5. The fourth-order valence-electron chi connectivity index (χ4n) is 4.92. The number of aromatic nitrogens is 1. The van der Waals surface area contributed by atoms with Crippen molar-refractivity contribution in [1.29, 1.82) is 0 Å². The third kappa shape index (κ3) is 6.39. The standard InChI is InChI=1S/C36H33N3O3/c1-23-11-19-31(25(3)32(23)22-42-33-10-6-7-27-16-12-24(2)38-35(27)33)29-8-5-9-30(21-29)39-34(40)20-15-26-13-17-28(18-14-26)36(41)37-4/h5-21H,22H2,1-4H3,(H,37,41)(H,39,40). The molecule has 4 aromatic carbocycles. The van der Waals surface area contributed by atoms with E-state index < -0.39 is 0 Å². The molecular weight excluding hydrogens is 522 g/mol. The molecule has 1 aromatic heterocycles. The van der Waals surface area contributed by atoms with Crippen LogP contribution in [0.5, 0.6) is 5.75 Å². The van der Waals surface area contributed by atoms with E-state index in [1.807, 2.05) is 55.5 Å². The van der Waals surface area contributed by atoms with E-state index in [4.69, 9.17) is 9.72 Å². The van der Waals surface area contributed by atoms with Crippen LogP contribution in [0.25, 0.3) is 28.1 Å². The van der Waals surface area contributed by atoms with E-state index in [9.17, 15) is 9.59 Å². The van der Waals surface area contributed by atoms with Gasteiger partial charge in [-0.15, -0.1) is 0 Å². The van der Waals surface area contributed by atoms with Crippen LogP contribution >= 0.6 is 0 Å². The summed E-state index contributed by atoms with van der Waals surface area (Å²) >= 11 is 0. The van der Waals surface area contributed by atoms with Crippen LogP contribution in [-0.4, -0.2) is 23.8 Å². The number of pyridine rings is 1. The molecule has 0 radical (unpaired) electrons. The van der Waals surface area contributed by atoms with Gasteiger partial charge in [-0.2, -0.15) is 0 Å². The molecule has 0 bridgehead atoms. The fourth-order valence-corrected chi connectivity index (χ4v) is 4.92. The molecule has 0 aliphatic heterocycles. The van der Waals surface area contributed by atoms with Crippen LogP contribution in [0.3, 0.4) is 0 Å². The molecule has 0 fully saturated rings. The molecular formula is C36H33N3O3. The van der Waals surface area contributed by atoms with Crippen molar-refractivity contribution in [2.45, 2.75) is 27.4 Å². The van der Waals surface area contributed by atoms with Crippen LogP contribution in [-0.2, 0) is 11.4 Å². The Labute approximate surface area is 246 Å². The highest BCUT2D eigenvalue weighted by molar-refractivity contribution is 6.02. The second-order valence-electron chi connectivity index (χ2n) is 10.2. The third-order valence-corrected chi connectivity index (χ3v) is 7.30. The number of nitrogens with zero attached hydrogens (tertiary/aromatic N) is 1. The Morgan fingerprint density at radius 1 is 0.881 bits per heavy atom. The maximum Gasteiger partial charge on any atom is 0.251 e. The maximum absolute atomic E-state index is 12.7. The molecule has 0 atom stereocenters. The van der Waals surface area contributed by atoms with E-state index in [0.717, 1.165) is 55.7 Å². The van der Waals surface area contributed by atoms with Crippen LogP contribution in [0, 0.1) is 20.8 Å². The normalized spacial score (nSPS) is 11.0. The summed E-state index contributed by atoms with van der Waals surface area (Å²) in [7, 11) is 1.59. The van der Waals surface area contributed by atoms with Crippen LogP contribution in [0.4, 0.5) is 5.69 Å². The topological polar surface area (TPSA) is 80.3 Å². The van der Waals surface area contributed by atoms with Gasteiger partial charge in [0.25, 0.3) is 5.91 Å². The summed E-state index contributed by atoms with van der Waals surface area (Å²) in [6.45, 7) is 6.60. The second-order valence-corrected chi connectivity index (χ2v) is 10.2. The first kappa shape index (κ1) is 28.3. The Balaban J connectivity index is 1.31. The molecule has 0 aliphatic carbocycles. The molecule has 0 aliphatic rings. The summed E-state index contributed by atoms with van der Waals surface area (Å²) in [5.74, 6) is 0.376. The van der Waals surface area contributed by atoms with Gasteiger partial charge >= 0.3 is 0 Å². The Bertz CT molecular complexity index is 1810. The van der Waals surface area contributed by atoms with Gasteiger partial charge in [0.1, 0.15) is 17.9 Å². The minimum Gasteiger partial charge on any atom is -0.487 e. The molecule has 6 nitrogen and oxygen atoms in total. The zero-order valence-corrected chi connectivity index (χ0v) is 24.2. The number of hydrogen-bond acceptors (Lipinski definition) is 4. The van der Waals surface area contributed by atoms with Gasteiger partial charge < -0.3 is 15.4 Å². The quantitative estimate of drug-likeness (QED) is 0.195. The van der Waals surface area contributed by atoms with Gasteiger partial charge in [0.2, 0.25) is 5.91 Å². The van der Waals surface area contributed by atoms with Gasteiger partial charge in [0.15, 0.2) is 0 Å². The number of carbonyl (C=O) groups is 2. The Kier molecular flexibility index (Phi) is 8.44. The van der Waals surface area contributed by atoms with E-state index in [-0.39, 0.29) is 11.8 Å². The van der Waals surface area contributed by atoms with Crippen molar-refractivity contribution in [2.75, 3.05) is 12.4 Å². The van der Waals surface area contributed by atoms with Gasteiger partial charge in [0, 0.05) is 35.5 Å². The second kappa shape index (κ2) is 12.5. The van der Waals surface area contributed by atoms with Gasteiger partial charge in [-0.1, -0.05) is 54.6 Å². The summed E-state index contributed by atoms with van der Waals surface area (Å²) in [6, 6.07) is 29.2. The SMILES string of the molecule is CNC(=O)c1ccc(C=CC(=O)Nc2cccc(-c3ccc(C)c(COc4cccc5ccc(C)nc45)c3C)c2)cc1. The van der Waals surface area contributed by atoms with Crippen molar-refractivity contribution in [1.82, 2.24) is 10.3 Å². The lowest BCUT2D eigenvalue weighted by atomic mass is 9.93. The molecule has 0 spiro atoms. The third-order valence-electron chi connectivity index (χ3n) is 7.30. The molecule has 2 N–H and O–H groups in total. The molecule has 1 heterocycles. The molecule has 42 heavy (non-hydrogen) atoms. The zero-order valence-electron chi connectivity index (χ0n) is 24.2. The number of rotatable bonds is 8. The number of hydrogen-bond donors (Lipinski definition) is 2. The first-order chi connectivity index (χ1) is 20.3. The van der Waals surface area contributed by atoms with Gasteiger partial charge in [-0.25, -0.2) is 4.98 Å². The lowest BCUT2D eigenvalue weighted by Gasteiger charge is -2.17. The van der Waals surface area contributed by atoms with E-state index in [2.05, 4.69) is 42.7 Å². The van der Waals surface area contributed by atoms with Crippen molar-refractivity contribution in [2.24, 2.45) is 0 Å². The molecule has 0 saturated heterocycles. The van der Waals surface area contributed by atoms with Crippen LogP contribution in [0.2, 0.25) is 0 Å². The molecule has 5 aromatic rings. The average Bonchev–Trinajstić information content (AvgIpc) is 3.00. The first-order valence-electron chi connectivity index (χ1n) is 13.8. The predicted octanol–water partition coefficient (Wildman–Crippen LogP) is 7.42. The van der Waals surface area contributed by atoms with Crippen LogP contribution < -0.4 is 15.4 Å². The number of para-hydroxylation sites is 1. The number of benzene rings is 4. The lowest BCUT2D eigenvalue weighted by molar-refractivity contribution is -0.111. The molecule has 210 valence electrons. The average molecular weight is 556 g/mol. The van der Waals surface area contributed by atoms with Crippen molar-refractivity contribution in [3.05, 3.63) is 131 Å². The number of amides is 2. The van der Waals surface area contributed by atoms with Crippen molar-refractivity contribution >= 4 is 34.5 Å². The Morgan fingerprint density at radius 2 is 1.67 bits per heavy atom. The number of nitrogens with one attached hydrogen (secondary N) is 2. The minimum atomic E-state index is -0.240. The Hall–Kier alpha value is -5.23. The number of aryl methyl sites for hydroxylation is 2. The summed E-state index contributed by atoms with van der Waals surface area (Å²) in [5, 5.41) is 6.60. The smallest absolute Gasteiger partial charge is 0.251 e. The molecule has 0 unspecified atom stereocenters. The van der Waals surface area contributed by atoms with E-state index in [1.54, 1.807) is 37.4 Å². The molecule has 2 amide bonds. The van der Waals surface area contributed by atoms with Gasteiger partial charge in [0.05, 0.1) is 0 Å². The summed E-state index contributed by atoms with van der Waals surface area (Å²) in [4.78, 5) is 29.1. The zero-order chi connectivity index (χ0) is 29.6. The monoisotopic (exact) mass is 555 g/mol. The summed E-state index contributed by atoms with van der Waals surface area (Å²) in [6.07, 6.45) is 3.20. The van der Waals surface area contributed by atoms with E-state index in [1.165, 1.54) is 6.08 Å². The molecule has 0 saturated carbocycles. The van der Waals surface area contributed by atoms with E-state index in [0.29, 0.717) is 17.9 Å². The summed E-state index contributed by atoms with van der Waals surface area (Å²) < 4.78 is 6.33. The maximum atomic E-state index is 12.7. The van der Waals surface area contributed by atoms with Crippen molar-refractivity contribution in [3.63, 3.8) is 0 Å². The number of fused-ring (bicyclic) bond motifs is 1. The number of carbonyl (C=O) groups excluding carboxylic acids is 2. The van der Waals surface area contributed by atoms with Gasteiger partial charge in [-0.3, -0.25) is 9.59 Å². The van der Waals surface area contributed by atoms with Crippen LogP contribution in [0.1, 0.15) is 38.3 Å². The lowest BCUT2D eigenvalue weighted by Crippen LogP contribution is -2.17. The minimum absolute atomic E-state index is 0.149. The predicted molar refractivity (Wildman–Crippen MR) is 170 cm³/mol. The van der Waals surface area contributed by atoms with Crippen LogP contribution in [0.15, 0.2) is 97.1 Å².